The lowest BCUT2D eigenvalue weighted by molar-refractivity contribution is 0.713. The molecule has 3 rings (SSSR count). The van der Waals surface area contributed by atoms with Crippen molar-refractivity contribution in [1.29, 1.82) is 0 Å². The van der Waals surface area contributed by atoms with Gasteiger partial charge in [-0.05, 0) is 12.1 Å². The van der Waals surface area contributed by atoms with Crippen LogP contribution >= 0.6 is 0 Å². The van der Waals surface area contributed by atoms with E-state index in [0.717, 1.165) is 17.1 Å². The van der Waals surface area contributed by atoms with Crippen LogP contribution in [0, 0.1) is 0 Å². The molecular weight excluding hydrogens is 242 g/mol. The van der Waals surface area contributed by atoms with Gasteiger partial charge in [0.25, 0.3) is 0 Å². The van der Waals surface area contributed by atoms with Gasteiger partial charge in [0.2, 0.25) is 0 Å². The summed E-state index contributed by atoms with van der Waals surface area (Å²) < 4.78 is 3.40. The molecule has 1 aromatic carbocycles. The van der Waals surface area contributed by atoms with Crippen molar-refractivity contribution < 1.29 is 0 Å². The number of anilines is 1. The van der Waals surface area contributed by atoms with Gasteiger partial charge in [-0.1, -0.05) is 22.6 Å². The van der Waals surface area contributed by atoms with Gasteiger partial charge >= 0.3 is 0 Å². The smallest absolute Gasteiger partial charge is 0.102 e. The Balaban J connectivity index is 1.81. The largest absolute Gasteiger partial charge is 0.378 e. The average molecular weight is 255 g/mol. The van der Waals surface area contributed by atoms with Crippen molar-refractivity contribution >= 4 is 5.69 Å². The average Bonchev–Trinajstić information content (AvgIpc) is 3.08. The summed E-state index contributed by atoms with van der Waals surface area (Å²) in [7, 11) is 1.85. The number of aryl methyl sites for hydroxylation is 1. The molecule has 7 heteroatoms. The van der Waals surface area contributed by atoms with Crippen LogP contribution in [0.2, 0.25) is 0 Å². The molecule has 0 radical (unpaired) electrons. The summed E-state index contributed by atoms with van der Waals surface area (Å²) in [5.74, 6) is 0. The van der Waals surface area contributed by atoms with Gasteiger partial charge in [0.05, 0.1) is 30.3 Å². The number of para-hydroxylation sites is 2. The highest BCUT2D eigenvalue weighted by molar-refractivity contribution is 5.60. The van der Waals surface area contributed by atoms with Crippen LogP contribution in [0.15, 0.2) is 42.9 Å². The summed E-state index contributed by atoms with van der Waals surface area (Å²) in [6, 6.07) is 7.91. The topological polar surface area (TPSA) is 73.5 Å². The van der Waals surface area contributed by atoms with Gasteiger partial charge < -0.3 is 5.32 Å². The number of rotatable bonds is 4. The van der Waals surface area contributed by atoms with E-state index in [-0.39, 0.29) is 0 Å². The molecule has 3 aromatic rings. The highest BCUT2D eigenvalue weighted by atomic mass is 15.4. The summed E-state index contributed by atoms with van der Waals surface area (Å²) >= 11 is 0. The van der Waals surface area contributed by atoms with E-state index in [0.29, 0.717) is 6.54 Å². The summed E-state index contributed by atoms with van der Waals surface area (Å²) in [5, 5.41) is 19.1. The zero-order chi connectivity index (χ0) is 13.1. The highest BCUT2D eigenvalue weighted by Gasteiger charge is 2.05. The number of hydrogen-bond acceptors (Lipinski definition) is 5. The molecule has 0 saturated carbocycles. The molecule has 19 heavy (non-hydrogen) atoms. The molecule has 0 aliphatic heterocycles. The maximum absolute atomic E-state index is 4.04. The van der Waals surface area contributed by atoms with E-state index in [1.165, 1.54) is 0 Å². The number of nitrogens with one attached hydrogen (secondary N) is 1. The van der Waals surface area contributed by atoms with Crippen LogP contribution < -0.4 is 5.32 Å². The molecule has 0 amide bonds. The van der Waals surface area contributed by atoms with Gasteiger partial charge in [-0.25, -0.2) is 4.68 Å². The molecule has 0 saturated heterocycles. The van der Waals surface area contributed by atoms with E-state index in [9.17, 15) is 0 Å². The van der Waals surface area contributed by atoms with Crippen molar-refractivity contribution in [2.75, 3.05) is 5.32 Å². The molecule has 0 spiro atoms. The second-order valence-corrected chi connectivity index (χ2v) is 4.10. The first-order chi connectivity index (χ1) is 9.33. The van der Waals surface area contributed by atoms with Gasteiger partial charge in [0.15, 0.2) is 0 Å². The molecule has 1 N–H and O–H groups in total. The third-order valence-electron chi connectivity index (χ3n) is 2.68. The van der Waals surface area contributed by atoms with Crippen molar-refractivity contribution in [2.24, 2.45) is 7.05 Å². The Morgan fingerprint density at radius 3 is 2.84 bits per heavy atom. The standard InChI is InChI=1S/C12H13N7/c1-18-9-10(15-17-18)8-13-11-4-2-3-5-12(11)19-7-6-14-16-19/h2-7,9,13H,8H2,1H3. The van der Waals surface area contributed by atoms with Crippen LogP contribution in [0.25, 0.3) is 5.69 Å². The van der Waals surface area contributed by atoms with Crippen LogP contribution in [0.1, 0.15) is 5.69 Å². The minimum absolute atomic E-state index is 0.611. The van der Waals surface area contributed by atoms with Gasteiger partial charge in [-0.15, -0.1) is 10.2 Å². The van der Waals surface area contributed by atoms with Crippen molar-refractivity contribution in [3.8, 4) is 5.69 Å². The number of benzene rings is 1. The molecule has 96 valence electrons. The highest BCUT2D eigenvalue weighted by Crippen LogP contribution is 2.19. The zero-order valence-electron chi connectivity index (χ0n) is 10.4. The van der Waals surface area contributed by atoms with E-state index < -0.39 is 0 Å². The normalized spacial score (nSPS) is 10.6. The Morgan fingerprint density at radius 1 is 1.21 bits per heavy atom. The Hall–Kier alpha value is -2.70. The van der Waals surface area contributed by atoms with Crippen LogP contribution in [0.4, 0.5) is 5.69 Å². The van der Waals surface area contributed by atoms with Gasteiger partial charge in [-0.3, -0.25) is 4.68 Å². The molecule has 0 atom stereocenters. The van der Waals surface area contributed by atoms with Crippen LogP contribution in [-0.2, 0) is 13.6 Å². The minimum Gasteiger partial charge on any atom is -0.378 e. The number of hydrogen-bond donors (Lipinski definition) is 1. The summed E-state index contributed by atoms with van der Waals surface area (Å²) in [6.07, 6.45) is 5.34. The van der Waals surface area contributed by atoms with E-state index in [1.807, 2.05) is 43.7 Å². The molecule has 0 aliphatic rings. The van der Waals surface area contributed by atoms with Crippen molar-refractivity contribution in [2.45, 2.75) is 6.54 Å². The molecule has 0 fully saturated rings. The maximum atomic E-state index is 4.04. The quantitative estimate of drug-likeness (QED) is 0.753. The maximum Gasteiger partial charge on any atom is 0.102 e. The van der Waals surface area contributed by atoms with E-state index in [2.05, 4.69) is 25.9 Å². The monoisotopic (exact) mass is 255 g/mol. The van der Waals surface area contributed by atoms with Crippen LogP contribution in [0.5, 0.6) is 0 Å². The summed E-state index contributed by atoms with van der Waals surface area (Å²) in [6.45, 7) is 0.611. The Morgan fingerprint density at radius 2 is 2.11 bits per heavy atom. The molecule has 0 bridgehead atoms. The summed E-state index contributed by atoms with van der Waals surface area (Å²) in [5.41, 5.74) is 2.80. The van der Waals surface area contributed by atoms with Gasteiger partial charge in [0, 0.05) is 13.2 Å². The fraction of sp³-hybridized carbons (Fsp3) is 0.167. The predicted octanol–water partition coefficient (Wildman–Crippen LogP) is 1.01. The number of aromatic nitrogens is 6. The van der Waals surface area contributed by atoms with Crippen molar-refractivity contribution in [1.82, 2.24) is 30.0 Å². The molecular formula is C12H13N7. The second kappa shape index (κ2) is 4.89. The fourth-order valence-corrected chi connectivity index (χ4v) is 1.82. The molecule has 2 aromatic heterocycles. The number of nitrogens with zero attached hydrogens (tertiary/aromatic N) is 6. The van der Waals surface area contributed by atoms with Crippen LogP contribution in [0.3, 0.4) is 0 Å². The SMILES string of the molecule is Cn1cc(CNc2ccccc2-n2ccnn2)nn1. The Bertz CT molecular complexity index is 656. The summed E-state index contributed by atoms with van der Waals surface area (Å²) in [4.78, 5) is 0. The first kappa shape index (κ1) is 11.4. The van der Waals surface area contributed by atoms with E-state index in [4.69, 9.17) is 0 Å². The van der Waals surface area contributed by atoms with Crippen LogP contribution in [-0.4, -0.2) is 30.0 Å². The lowest BCUT2D eigenvalue weighted by Crippen LogP contribution is -2.05. The lowest BCUT2D eigenvalue weighted by Gasteiger charge is -2.10. The molecule has 7 nitrogen and oxygen atoms in total. The third-order valence-corrected chi connectivity index (χ3v) is 2.68. The predicted molar refractivity (Wildman–Crippen MR) is 69.7 cm³/mol. The Kier molecular flexibility index (Phi) is 2.93. The molecule has 0 aliphatic carbocycles. The second-order valence-electron chi connectivity index (χ2n) is 4.10. The van der Waals surface area contributed by atoms with Gasteiger partial charge in [-0.2, -0.15) is 0 Å². The van der Waals surface area contributed by atoms with Gasteiger partial charge in [0.1, 0.15) is 5.69 Å². The van der Waals surface area contributed by atoms with Crippen molar-refractivity contribution in [3.63, 3.8) is 0 Å². The first-order valence-electron chi connectivity index (χ1n) is 5.88. The third kappa shape index (κ3) is 2.44. The van der Waals surface area contributed by atoms with E-state index >= 15 is 0 Å². The lowest BCUT2D eigenvalue weighted by atomic mass is 10.2. The van der Waals surface area contributed by atoms with E-state index in [1.54, 1.807) is 15.6 Å². The first-order valence-corrected chi connectivity index (χ1v) is 5.88. The molecule has 0 unspecified atom stereocenters. The molecule has 2 heterocycles. The zero-order valence-corrected chi connectivity index (χ0v) is 10.4. The minimum atomic E-state index is 0.611. The fourth-order valence-electron chi connectivity index (χ4n) is 1.82. The van der Waals surface area contributed by atoms with Crippen molar-refractivity contribution in [3.05, 3.63) is 48.5 Å². The Labute approximate surface area is 109 Å².